The van der Waals surface area contributed by atoms with Gasteiger partial charge >= 0.3 is 5.97 Å². The highest BCUT2D eigenvalue weighted by Crippen LogP contribution is 2.35. The van der Waals surface area contributed by atoms with Crippen LogP contribution in [-0.4, -0.2) is 44.7 Å². The van der Waals surface area contributed by atoms with Crippen molar-refractivity contribution in [2.24, 2.45) is 5.41 Å². The molecule has 6 nitrogen and oxygen atoms in total. The highest BCUT2D eigenvalue weighted by molar-refractivity contribution is 6.29. The van der Waals surface area contributed by atoms with Gasteiger partial charge in [0, 0.05) is 6.54 Å². The van der Waals surface area contributed by atoms with E-state index in [4.69, 9.17) is 11.6 Å². The summed E-state index contributed by atoms with van der Waals surface area (Å²) in [6.45, 7) is 4.13. The molecule has 1 N–H and O–H groups in total. The van der Waals surface area contributed by atoms with Crippen LogP contribution in [0.15, 0.2) is 12.1 Å². The van der Waals surface area contributed by atoms with E-state index in [1.54, 1.807) is 0 Å². The second-order valence-corrected chi connectivity index (χ2v) is 5.96. The molecule has 7 heteroatoms. The first-order valence-electron chi connectivity index (χ1n) is 6.36. The van der Waals surface area contributed by atoms with Gasteiger partial charge < -0.3 is 10.0 Å². The Morgan fingerprint density at radius 3 is 2.65 bits per heavy atom. The Morgan fingerprint density at radius 1 is 1.40 bits per heavy atom. The molecule has 1 aromatic rings. The van der Waals surface area contributed by atoms with Crippen LogP contribution >= 0.6 is 11.6 Å². The van der Waals surface area contributed by atoms with Gasteiger partial charge in [0.15, 0.2) is 10.8 Å². The Hall–Kier alpha value is -1.69. The molecule has 1 saturated heterocycles. The van der Waals surface area contributed by atoms with E-state index in [0.717, 1.165) is 12.8 Å². The van der Waals surface area contributed by atoms with Crippen LogP contribution in [0, 0.1) is 5.41 Å². The molecule has 1 amide bonds. The van der Waals surface area contributed by atoms with Crippen molar-refractivity contribution < 1.29 is 14.7 Å². The molecule has 0 aromatic carbocycles. The van der Waals surface area contributed by atoms with Gasteiger partial charge in [-0.2, -0.15) is 0 Å². The molecule has 0 spiro atoms. The average molecular weight is 298 g/mol. The number of carboxylic acids is 1. The first kappa shape index (κ1) is 14.7. The first-order chi connectivity index (χ1) is 9.33. The lowest BCUT2D eigenvalue weighted by Crippen LogP contribution is -2.56. The summed E-state index contributed by atoms with van der Waals surface area (Å²) in [6, 6.07) is 2.06. The largest absolute Gasteiger partial charge is 0.480 e. The molecular weight excluding hydrogens is 282 g/mol. The second kappa shape index (κ2) is 5.36. The third kappa shape index (κ3) is 2.75. The molecule has 108 valence electrons. The van der Waals surface area contributed by atoms with Crippen LogP contribution in [0.4, 0.5) is 0 Å². The number of nitrogens with zero attached hydrogens (tertiary/aromatic N) is 3. The third-order valence-corrected chi connectivity index (χ3v) is 3.82. The normalized spacial score (nSPS) is 21.6. The summed E-state index contributed by atoms with van der Waals surface area (Å²) in [5.41, 5.74) is -0.363. The van der Waals surface area contributed by atoms with Gasteiger partial charge in [-0.3, -0.25) is 4.79 Å². The lowest BCUT2D eigenvalue weighted by Gasteiger charge is -2.43. The maximum absolute atomic E-state index is 12.4. The number of halogens is 1. The van der Waals surface area contributed by atoms with E-state index < -0.39 is 23.3 Å². The van der Waals surface area contributed by atoms with E-state index in [9.17, 15) is 14.7 Å². The molecule has 1 aliphatic heterocycles. The summed E-state index contributed by atoms with van der Waals surface area (Å²) in [7, 11) is 0. The van der Waals surface area contributed by atoms with E-state index in [-0.39, 0.29) is 10.8 Å². The average Bonchev–Trinajstić information content (AvgIpc) is 2.36. The SMILES string of the molecule is CC1(C)CCCN(C(=O)c2ccc(Cl)nn2)C1C(=O)O. The highest BCUT2D eigenvalue weighted by atomic mass is 35.5. The van der Waals surface area contributed by atoms with Crippen LogP contribution in [0.1, 0.15) is 37.2 Å². The fourth-order valence-corrected chi connectivity index (χ4v) is 2.76. The van der Waals surface area contributed by atoms with Crippen molar-refractivity contribution in [3.8, 4) is 0 Å². The summed E-state index contributed by atoms with van der Waals surface area (Å²) in [5.74, 6) is -1.42. The molecule has 1 aliphatic rings. The lowest BCUT2D eigenvalue weighted by molar-refractivity contribution is -0.148. The number of hydrogen-bond acceptors (Lipinski definition) is 4. The van der Waals surface area contributed by atoms with Crippen molar-refractivity contribution in [1.82, 2.24) is 15.1 Å². The van der Waals surface area contributed by atoms with Crippen molar-refractivity contribution in [3.05, 3.63) is 23.0 Å². The number of piperidine rings is 1. The summed E-state index contributed by atoms with van der Waals surface area (Å²) in [4.78, 5) is 25.3. The number of carboxylic acid groups (broad SMARTS) is 1. The molecule has 1 fully saturated rings. The molecule has 20 heavy (non-hydrogen) atoms. The van der Waals surface area contributed by atoms with E-state index in [0.29, 0.717) is 6.54 Å². The van der Waals surface area contributed by atoms with Crippen molar-refractivity contribution in [1.29, 1.82) is 0 Å². The van der Waals surface area contributed by atoms with Crippen LogP contribution in [0.25, 0.3) is 0 Å². The third-order valence-electron chi connectivity index (χ3n) is 3.62. The minimum Gasteiger partial charge on any atom is -0.480 e. The van der Waals surface area contributed by atoms with Gasteiger partial charge in [0.1, 0.15) is 6.04 Å². The molecule has 0 radical (unpaired) electrons. The number of aliphatic carboxylic acids is 1. The van der Waals surface area contributed by atoms with Crippen molar-refractivity contribution in [2.45, 2.75) is 32.7 Å². The smallest absolute Gasteiger partial charge is 0.326 e. The summed E-state index contributed by atoms with van der Waals surface area (Å²) < 4.78 is 0. The van der Waals surface area contributed by atoms with Crippen LogP contribution < -0.4 is 0 Å². The first-order valence-corrected chi connectivity index (χ1v) is 6.74. The van der Waals surface area contributed by atoms with Crippen LogP contribution in [0.3, 0.4) is 0 Å². The predicted octanol–water partition coefficient (Wildman–Crippen LogP) is 1.85. The number of amides is 1. The standard InChI is InChI=1S/C13H16ClN3O3/c1-13(2)6-3-7-17(10(13)12(19)20)11(18)8-4-5-9(14)16-15-8/h4-5,10H,3,6-7H2,1-2H3,(H,19,20). The molecule has 0 aliphatic carbocycles. The topological polar surface area (TPSA) is 83.4 Å². The van der Waals surface area contributed by atoms with E-state index in [1.165, 1.54) is 17.0 Å². The predicted molar refractivity (Wildman–Crippen MR) is 72.5 cm³/mol. The zero-order valence-corrected chi connectivity index (χ0v) is 12.1. The van der Waals surface area contributed by atoms with Gasteiger partial charge in [-0.15, -0.1) is 10.2 Å². The molecule has 1 atom stereocenters. The number of rotatable bonds is 2. The quantitative estimate of drug-likeness (QED) is 0.900. The molecule has 0 bridgehead atoms. The van der Waals surface area contributed by atoms with Crippen LogP contribution in [0.5, 0.6) is 0 Å². The molecule has 2 rings (SSSR count). The second-order valence-electron chi connectivity index (χ2n) is 5.57. The Labute approximate surface area is 121 Å². The molecule has 1 aromatic heterocycles. The molecule has 0 saturated carbocycles. The summed E-state index contributed by atoms with van der Waals surface area (Å²) >= 11 is 5.63. The number of likely N-dealkylation sites (tertiary alicyclic amines) is 1. The van der Waals surface area contributed by atoms with Crippen LogP contribution in [0.2, 0.25) is 5.15 Å². The minimum absolute atomic E-state index is 0.110. The van der Waals surface area contributed by atoms with Crippen molar-refractivity contribution in [3.63, 3.8) is 0 Å². The minimum atomic E-state index is -0.995. The Balaban J connectivity index is 2.31. The fraction of sp³-hybridized carbons (Fsp3) is 0.538. The van der Waals surface area contributed by atoms with Gasteiger partial charge in [0.2, 0.25) is 0 Å². The number of carbonyl (C=O) groups is 2. The van der Waals surface area contributed by atoms with Gasteiger partial charge in [-0.05, 0) is 30.4 Å². The molecular formula is C13H16ClN3O3. The van der Waals surface area contributed by atoms with Gasteiger partial charge in [-0.1, -0.05) is 25.4 Å². The zero-order valence-electron chi connectivity index (χ0n) is 11.3. The number of aromatic nitrogens is 2. The van der Waals surface area contributed by atoms with E-state index in [2.05, 4.69) is 10.2 Å². The number of hydrogen-bond donors (Lipinski definition) is 1. The lowest BCUT2D eigenvalue weighted by atomic mass is 9.76. The zero-order chi connectivity index (χ0) is 14.9. The fourth-order valence-electron chi connectivity index (χ4n) is 2.66. The molecule has 1 unspecified atom stereocenters. The van der Waals surface area contributed by atoms with E-state index in [1.807, 2.05) is 13.8 Å². The summed E-state index contributed by atoms with van der Waals surface area (Å²) in [6.07, 6.45) is 1.53. The summed E-state index contributed by atoms with van der Waals surface area (Å²) in [5, 5.41) is 17.0. The number of carbonyl (C=O) groups excluding carboxylic acids is 1. The van der Waals surface area contributed by atoms with Crippen molar-refractivity contribution in [2.75, 3.05) is 6.54 Å². The Bertz CT molecular complexity index is 530. The Kier molecular flexibility index (Phi) is 3.94. The maximum Gasteiger partial charge on any atom is 0.326 e. The highest BCUT2D eigenvalue weighted by Gasteiger charge is 2.44. The molecule has 2 heterocycles. The van der Waals surface area contributed by atoms with Gasteiger partial charge in [-0.25, -0.2) is 4.79 Å². The maximum atomic E-state index is 12.4. The van der Waals surface area contributed by atoms with Crippen molar-refractivity contribution >= 4 is 23.5 Å². The van der Waals surface area contributed by atoms with Gasteiger partial charge in [0.25, 0.3) is 5.91 Å². The van der Waals surface area contributed by atoms with Crippen LogP contribution in [-0.2, 0) is 4.79 Å². The monoisotopic (exact) mass is 297 g/mol. The Morgan fingerprint density at radius 2 is 2.10 bits per heavy atom. The van der Waals surface area contributed by atoms with Gasteiger partial charge in [0.05, 0.1) is 0 Å². The van der Waals surface area contributed by atoms with E-state index >= 15 is 0 Å².